The Kier molecular flexibility index (Phi) is 6.85. The van der Waals surface area contributed by atoms with E-state index in [2.05, 4.69) is 20.2 Å². The molecule has 1 saturated carbocycles. The molecule has 168 valence electrons. The van der Waals surface area contributed by atoms with E-state index in [0.717, 1.165) is 24.2 Å². The second-order valence-corrected chi connectivity index (χ2v) is 10.8. The van der Waals surface area contributed by atoms with Crippen LogP contribution in [-0.4, -0.2) is 30.6 Å². The van der Waals surface area contributed by atoms with Crippen LogP contribution in [0.5, 0.6) is 5.75 Å². The number of benzene rings is 2. The molecule has 1 aliphatic rings. The van der Waals surface area contributed by atoms with Gasteiger partial charge in [-0.3, -0.25) is 14.8 Å². The first-order valence-corrected chi connectivity index (χ1v) is 12.8. The largest absolute Gasteiger partial charge is 0.490 e. The first-order chi connectivity index (χ1) is 15.3. The van der Waals surface area contributed by atoms with E-state index in [9.17, 15) is 13.2 Å². The Morgan fingerprint density at radius 3 is 2.47 bits per heavy atom. The summed E-state index contributed by atoms with van der Waals surface area (Å²) in [7, 11) is -3.98. The van der Waals surface area contributed by atoms with E-state index in [4.69, 9.17) is 27.9 Å². The van der Waals surface area contributed by atoms with Crippen molar-refractivity contribution in [3.8, 4) is 5.75 Å². The van der Waals surface area contributed by atoms with Gasteiger partial charge in [0.25, 0.3) is 20.3 Å². The smallest absolute Gasteiger partial charge is 0.291 e. The number of carbonyl (C=O) groups excluding carboxylic acids is 1. The quantitative estimate of drug-likeness (QED) is 0.419. The standard InChI is InChI=1S/C20H18Cl2N4O4S2/c21-12-5-10-16(17(22)11-12)18(27)23-19-24-25-20(31-19)32(28,29)26-13-6-8-15(9-7-13)30-14-3-1-2-4-14/h5-11,14,26H,1-4H2,(H,23,24,27). The monoisotopic (exact) mass is 512 g/mol. The Morgan fingerprint density at radius 2 is 1.78 bits per heavy atom. The number of hydrogen-bond donors (Lipinski definition) is 2. The molecule has 0 radical (unpaired) electrons. The van der Waals surface area contributed by atoms with Crippen LogP contribution >= 0.6 is 34.5 Å². The molecule has 1 heterocycles. The van der Waals surface area contributed by atoms with Gasteiger partial charge in [0.1, 0.15) is 5.75 Å². The molecule has 1 aliphatic carbocycles. The lowest BCUT2D eigenvalue weighted by atomic mass is 10.2. The zero-order valence-corrected chi connectivity index (χ0v) is 19.7. The van der Waals surface area contributed by atoms with Gasteiger partial charge in [0, 0.05) is 10.7 Å². The number of sulfonamides is 1. The van der Waals surface area contributed by atoms with Crippen molar-refractivity contribution >= 4 is 61.3 Å². The van der Waals surface area contributed by atoms with Gasteiger partial charge < -0.3 is 4.74 Å². The highest BCUT2D eigenvalue weighted by Crippen LogP contribution is 2.27. The third kappa shape index (κ3) is 5.50. The molecule has 1 fully saturated rings. The van der Waals surface area contributed by atoms with Crippen molar-refractivity contribution in [2.75, 3.05) is 10.0 Å². The lowest BCUT2D eigenvalue weighted by molar-refractivity contribution is 0.102. The minimum atomic E-state index is -3.98. The van der Waals surface area contributed by atoms with Crippen molar-refractivity contribution in [2.24, 2.45) is 0 Å². The molecule has 2 aromatic carbocycles. The number of amides is 1. The molecule has 8 nitrogen and oxygen atoms in total. The summed E-state index contributed by atoms with van der Waals surface area (Å²) in [5.74, 6) is 0.138. The van der Waals surface area contributed by atoms with Crippen LogP contribution in [0, 0.1) is 0 Å². The first-order valence-electron chi connectivity index (χ1n) is 9.69. The Morgan fingerprint density at radius 1 is 1.06 bits per heavy atom. The van der Waals surface area contributed by atoms with Gasteiger partial charge in [-0.05, 0) is 68.1 Å². The average molecular weight is 513 g/mol. The van der Waals surface area contributed by atoms with Crippen molar-refractivity contribution < 1.29 is 17.9 Å². The maximum atomic E-state index is 12.6. The van der Waals surface area contributed by atoms with Gasteiger partial charge in [0.2, 0.25) is 5.13 Å². The van der Waals surface area contributed by atoms with E-state index >= 15 is 0 Å². The lowest BCUT2D eigenvalue weighted by Gasteiger charge is -2.13. The SMILES string of the molecule is O=C(Nc1nnc(S(=O)(=O)Nc2ccc(OC3CCCC3)cc2)s1)c1ccc(Cl)cc1Cl. The number of halogens is 2. The van der Waals surface area contributed by atoms with E-state index in [0.29, 0.717) is 16.5 Å². The van der Waals surface area contributed by atoms with Crippen molar-refractivity contribution in [3.05, 3.63) is 58.1 Å². The van der Waals surface area contributed by atoms with Gasteiger partial charge >= 0.3 is 0 Å². The number of ether oxygens (including phenoxy) is 1. The van der Waals surface area contributed by atoms with Gasteiger partial charge in [-0.2, -0.15) is 8.42 Å². The van der Waals surface area contributed by atoms with E-state index in [-0.39, 0.29) is 26.2 Å². The summed E-state index contributed by atoms with van der Waals surface area (Å²) in [5.41, 5.74) is 0.534. The average Bonchev–Trinajstić information content (AvgIpc) is 3.42. The maximum Gasteiger partial charge on any atom is 0.291 e. The fourth-order valence-electron chi connectivity index (χ4n) is 3.21. The number of aromatic nitrogens is 2. The molecule has 4 rings (SSSR count). The minimum Gasteiger partial charge on any atom is -0.490 e. The van der Waals surface area contributed by atoms with E-state index < -0.39 is 15.9 Å². The predicted octanol–water partition coefficient (Wildman–Crippen LogP) is 5.22. The fraction of sp³-hybridized carbons (Fsp3) is 0.250. The number of hydrogen-bond acceptors (Lipinski definition) is 7. The number of nitrogens with zero attached hydrogens (tertiary/aromatic N) is 2. The second-order valence-electron chi connectivity index (χ2n) is 7.11. The third-order valence-electron chi connectivity index (χ3n) is 4.74. The van der Waals surface area contributed by atoms with Gasteiger partial charge in [-0.25, -0.2) is 0 Å². The summed E-state index contributed by atoms with van der Waals surface area (Å²) in [6.45, 7) is 0. The topological polar surface area (TPSA) is 110 Å². The van der Waals surface area contributed by atoms with Crippen LogP contribution in [0.2, 0.25) is 10.0 Å². The molecule has 3 aromatic rings. The molecule has 0 saturated heterocycles. The highest BCUT2D eigenvalue weighted by atomic mass is 35.5. The predicted molar refractivity (Wildman–Crippen MR) is 124 cm³/mol. The molecule has 0 unspecified atom stereocenters. The molecule has 0 spiro atoms. The zero-order valence-electron chi connectivity index (χ0n) is 16.5. The minimum absolute atomic E-state index is 0.0155. The molecular formula is C20H18Cl2N4O4S2. The Balaban J connectivity index is 1.40. The molecular weight excluding hydrogens is 495 g/mol. The summed E-state index contributed by atoms with van der Waals surface area (Å²) >= 11 is 12.6. The molecule has 2 N–H and O–H groups in total. The number of nitrogens with one attached hydrogen (secondary N) is 2. The number of carbonyl (C=O) groups is 1. The maximum absolute atomic E-state index is 12.6. The summed E-state index contributed by atoms with van der Waals surface area (Å²) in [4.78, 5) is 12.4. The summed E-state index contributed by atoms with van der Waals surface area (Å²) in [6, 6.07) is 11.1. The second kappa shape index (κ2) is 9.62. The lowest BCUT2D eigenvalue weighted by Crippen LogP contribution is -2.13. The highest BCUT2D eigenvalue weighted by Gasteiger charge is 2.22. The van der Waals surface area contributed by atoms with Crippen LogP contribution in [0.4, 0.5) is 10.8 Å². The van der Waals surface area contributed by atoms with Crippen molar-refractivity contribution in [1.29, 1.82) is 0 Å². The van der Waals surface area contributed by atoms with E-state index in [1.807, 2.05) is 0 Å². The van der Waals surface area contributed by atoms with Crippen LogP contribution in [-0.2, 0) is 10.0 Å². The highest BCUT2D eigenvalue weighted by molar-refractivity contribution is 7.94. The molecule has 0 bridgehead atoms. The normalized spacial score (nSPS) is 14.3. The van der Waals surface area contributed by atoms with Gasteiger partial charge in [0.05, 0.1) is 16.7 Å². The summed E-state index contributed by atoms with van der Waals surface area (Å²) in [5, 5.41) is 10.5. The molecule has 12 heteroatoms. The number of anilines is 2. The first kappa shape index (κ1) is 22.8. The van der Waals surface area contributed by atoms with Crippen LogP contribution in [0.15, 0.2) is 46.8 Å². The Bertz CT molecular complexity index is 1230. The molecule has 1 amide bonds. The molecule has 1 aromatic heterocycles. The van der Waals surface area contributed by atoms with Crippen molar-refractivity contribution in [3.63, 3.8) is 0 Å². The van der Waals surface area contributed by atoms with Crippen LogP contribution in [0.25, 0.3) is 0 Å². The van der Waals surface area contributed by atoms with E-state index in [1.165, 1.54) is 31.0 Å². The fourth-order valence-corrected chi connectivity index (χ4v) is 5.66. The van der Waals surface area contributed by atoms with Crippen molar-refractivity contribution in [1.82, 2.24) is 10.2 Å². The molecule has 0 atom stereocenters. The Labute approximate surface area is 199 Å². The summed E-state index contributed by atoms with van der Waals surface area (Å²) < 4.78 is 33.3. The van der Waals surface area contributed by atoms with Gasteiger partial charge in [0.15, 0.2) is 0 Å². The van der Waals surface area contributed by atoms with Crippen LogP contribution in [0.1, 0.15) is 36.0 Å². The van der Waals surface area contributed by atoms with Gasteiger partial charge in [-0.1, -0.05) is 34.5 Å². The van der Waals surface area contributed by atoms with Crippen LogP contribution in [0.3, 0.4) is 0 Å². The molecule has 0 aliphatic heterocycles. The summed E-state index contributed by atoms with van der Waals surface area (Å²) in [6.07, 6.45) is 4.62. The third-order valence-corrected chi connectivity index (χ3v) is 7.88. The molecule has 32 heavy (non-hydrogen) atoms. The number of rotatable bonds is 7. The van der Waals surface area contributed by atoms with Gasteiger partial charge in [-0.15, -0.1) is 10.2 Å². The van der Waals surface area contributed by atoms with E-state index in [1.54, 1.807) is 24.3 Å². The van der Waals surface area contributed by atoms with Crippen LogP contribution < -0.4 is 14.8 Å². The Hall–Kier alpha value is -2.40. The van der Waals surface area contributed by atoms with Crippen molar-refractivity contribution in [2.45, 2.75) is 36.1 Å². The zero-order chi connectivity index (χ0) is 22.7.